The number of carbonyl (C=O) groups is 1. The molecule has 3 heterocycles. The molecule has 0 spiro atoms. The summed E-state index contributed by atoms with van der Waals surface area (Å²) in [7, 11) is -3.16. The monoisotopic (exact) mass is 368 g/mol. The van der Waals surface area contributed by atoms with E-state index in [-0.39, 0.29) is 11.9 Å². The van der Waals surface area contributed by atoms with Crippen molar-refractivity contribution in [1.29, 1.82) is 0 Å². The van der Waals surface area contributed by atoms with Gasteiger partial charge in [0.2, 0.25) is 10.0 Å². The Labute approximate surface area is 150 Å². The number of hydrogen-bond acceptors (Lipinski definition) is 4. The molecule has 0 saturated carbocycles. The summed E-state index contributed by atoms with van der Waals surface area (Å²) in [6.07, 6.45) is 7.68. The minimum atomic E-state index is -3.16. The summed E-state index contributed by atoms with van der Waals surface area (Å²) >= 11 is 0. The fraction of sp³-hybridized carbons (Fsp3) is 0.765. The molecule has 1 amide bonds. The molecular formula is C17H28N4O3S. The summed E-state index contributed by atoms with van der Waals surface area (Å²) < 4.78 is 27.6. The quantitative estimate of drug-likeness (QED) is 0.808. The van der Waals surface area contributed by atoms with Crippen LogP contribution in [0, 0.1) is 5.92 Å². The Balaban J connectivity index is 1.64. The molecule has 3 rings (SSSR count). The maximum Gasteiger partial charge on any atom is 0.272 e. The molecule has 2 fully saturated rings. The Kier molecular flexibility index (Phi) is 5.48. The van der Waals surface area contributed by atoms with E-state index < -0.39 is 10.0 Å². The number of hydrogen-bond donors (Lipinski definition) is 0. The lowest BCUT2D eigenvalue weighted by Crippen LogP contribution is -2.50. The minimum Gasteiger partial charge on any atom is -0.337 e. The van der Waals surface area contributed by atoms with Crippen LogP contribution in [-0.4, -0.2) is 65.2 Å². The number of carbonyl (C=O) groups excluding carboxylic acids is 1. The molecule has 0 aromatic carbocycles. The van der Waals surface area contributed by atoms with Crippen LogP contribution in [0.1, 0.15) is 49.5 Å². The van der Waals surface area contributed by atoms with Gasteiger partial charge in [-0.3, -0.25) is 9.48 Å². The second-order valence-corrected chi connectivity index (χ2v) is 9.03. The predicted molar refractivity (Wildman–Crippen MR) is 95.7 cm³/mol. The maximum atomic E-state index is 12.7. The van der Waals surface area contributed by atoms with Crippen LogP contribution in [0.5, 0.6) is 0 Å². The van der Waals surface area contributed by atoms with Crippen LogP contribution in [0.25, 0.3) is 0 Å². The van der Waals surface area contributed by atoms with Gasteiger partial charge in [-0.05, 0) is 44.6 Å². The van der Waals surface area contributed by atoms with Gasteiger partial charge in [-0.2, -0.15) is 9.40 Å². The lowest BCUT2D eigenvalue weighted by Gasteiger charge is -2.42. The van der Waals surface area contributed by atoms with Crippen LogP contribution < -0.4 is 0 Å². The fourth-order valence-corrected chi connectivity index (χ4v) is 5.46. The van der Waals surface area contributed by atoms with E-state index in [9.17, 15) is 13.2 Å². The van der Waals surface area contributed by atoms with E-state index in [1.165, 1.54) is 6.26 Å². The molecule has 25 heavy (non-hydrogen) atoms. The van der Waals surface area contributed by atoms with E-state index >= 15 is 0 Å². The molecule has 0 radical (unpaired) electrons. The van der Waals surface area contributed by atoms with Crippen LogP contribution in [-0.2, 0) is 16.6 Å². The number of nitrogens with zero attached hydrogens (tertiary/aromatic N) is 4. The normalized spacial score (nSPS) is 23.8. The molecule has 1 aromatic heterocycles. The zero-order chi connectivity index (χ0) is 18.0. The number of piperidine rings is 2. The van der Waals surface area contributed by atoms with E-state index in [1.54, 1.807) is 21.3 Å². The van der Waals surface area contributed by atoms with Crippen molar-refractivity contribution in [3.8, 4) is 0 Å². The van der Waals surface area contributed by atoms with Gasteiger partial charge >= 0.3 is 0 Å². The molecular weight excluding hydrogens is 340 g/mol. The molecule has 140 valence electrons. The first-order valence-corrected chi connectivity index (χ1v) is 11.0. The number of rotatable bonds is 4. The van der Waals surface area contributed by atoms with Gasteiger partial charge in [0.1, 0.15) is 5.69 Å². The zero-order valence-electron chi connectivity index (χ0n) is 15.1. The molecule has 0 aliphatic carbocycles. The highest BCUT2D eigenvalue weighted by Crippen LogP contribution is 2.32. The molecule has 0 bridgehead atoms. The molecule has 8 heteroatoms. The molecule has 2 aliphatic heterocycles. The van der Waals surface area contributed by atoms with Crippen molar-refractivity contribution in [2.45, 2.75) is 51.6 Å². The summed E-state index contributed by atoms with van der Waals surface area (Å²) in [6.45, 7) is 4.66. The van der Waals surface area contributed by atoms with Crippen LogP contribution >= 0.6 is 0 Å². The lowest BCUT2D eigenvalue weighted by molar-refractivity contribution is 0.0609. The largest absolute Gasteiger partial charge is 0.337 e. The number of aromatic nitrogens is 2. The third-order valence-electron chi connectivity index (χ3n) is 5.53. The van der Waals surface area contributed by atoms with Crippen molar-refractivity contribution in [3.05, 3.63) is 18.0 Å². The Hall–Kier alpha value is -1.41. The van der Waals surface area contributed by atoms with Crippen molar-refractivity contribution in [2.24, 2.45) is 5.92 Å². The number of sulfonamides is 1. The van der Waals surface area contributed by atoms with Crippen molar-refractivity contribution in [2.75, 3.05) is 25.9 Å². The first kappa shape index (κ1) is 18.4. The van der Waals surface area contributed by atoms with Crippen molar-refractivity contribution in [1.82, 2.24) is 19.0 Å². The number of aryl methyl sites for hydroxylation is 1. The Morgan fingerprint density at radius 3 is 2.56 bits per heavy atom. The summed E-state index contributed by atoms with van der Waals surface area (Å²) in [6, 6.07) is 1.87. The molecule has 2 saturated heterocycles. The van der Waals surface area contributed by atoms with E-state index in [2.05, 4.69) is 5.10 Å². The highest BCUT2D eigenvalue weighted by Gasteiger charge is 2.37. The molecule has 1 atom stereocenters. The predicted octanol–water partition coefficient (Wildman–Crippen LogP) is 1.57. The maximum absolute atomic E-state index is 12.7. The smallest absolute Gasteiger partial charge is 0.272 e. The zero-order valence-corrected chi connectivity index (χ0v) is 15.9. The number of amides is 1. The molecule has 0 N–H and O–H groups in total. The van der Waals surface area contributed by atoms with Gasteiger partial charge < -0.3 is 4.90 Å². The SMILES string of the molecule is CCn1nccc1C(=O)N1CCC(C2CCCCN2S(C)(=O)=O)CC1. The van der Waals surface area contributed by atoms with Crippen molar-refractivity contribution in [3.63, 3.8) is 0 Å². The summed E-state index contributed by atoms with van der Waals surface area (Å²) in [5.74, 6) is 0.372. The van der Waals surface area contributed by atoms with Crippen molar-refractivity contribution >= 4 is 15.9 Å². The average molecular weight is 369 g/mol. The third kappa shape index (κ3) is 3.89. The lowest BCUT2D eigenvalue weighted by atomic mass is 9.85. The topological polar surface area (TPSA) is 75.5 Å². The van der Waals surface area contributed by atoms with Crippen LogP contribution in [0.4, 0.5) is 0 Å². The van der Waals surface area contributed by atoms with E-state index in [0.717, 1.165) is 32.1 Å². The highest BCUT2D eigenvalue weighted by atomic mass is 32.2. The Bertz CT molecular complexity index is 707. The summed E-state index contributed by atoms with van der Waals surface area (Å²) in [5, 5.41) is 4.17. The van der Waals surface area contributed by atoms with Gasteiger partial charge in [0.15, 0.2) is 0 Å². The van der Waals surface area contributed by atoms with Gasteiger partial charge in [0, 0.05) is 38.4 Å². The number of likely N-dealkylation sites (tertiary alicyclic amines) is 1. The fourth-order valence-electron chi connectivity index (χ4n) is 4.23. The molecule has 7 nitrogen and oxygen atoms in total. The molecule has 1 unspecified atom stereocenters. The van der Waals surface area contributed by atoms with E-state index in [4.69, 9.17) is 0 Å². The molecule has 2 aliphatic rings. The second-order valence-electron chi connectivity index (χ2n) is 7.10. The first-order valence-electron chi connectivity index (χ1n) is 9.19. The van der Waals surface area contributed by atoms with Crippen LogP contribution in [0.3, 0.4) is 0 Å². The van der Waals surface area contributed by atoms with Crippen LogP contribution in [0.2, 0.25) is 0 Å². The first-order chi connectivity index (χ1) is 11.9. The van der Waals surface area contributed by atoms with Gasteiger partial charge in [0.05, 0.1) is 6.26 Å². The summed E-state index contributed by atoms with van der Waals surface area (Å²) in [4.78, 5) is 14.6. The van der Waals surface area contributed by atoms with Gasteiger partial charge in [-0.15, -0.1) is 0 Å². The van der Waals surface area contributed by atoms with Crippen molar-refractivity contribution < 1.29 is 13.2 Å². The molecule has 1 aromatic rings. The average Bonchev–Trinajstić information content (AvgIpc) is 3.09. The minimum absolute atomic E-state index is 0.0291. The Morgan fingerprint density at radius 2 is 1.92 bits per heavy atom. The second kappa shape index (κ2) is 7.45. The van der Waals surface area contributed by atoms with Gasteiger partial charge in [0.25, 0.3) is 5.91 Å². The highest BCUT2D eigenvalue weighted by molar-refractivity contribution is 7.88. The van der Waals surface area contributed by atoms with Gasteiger partial charge in [-0.25, -0.2) is 8.42 Å². The standard InChI is InChI=1S/C17H28N4O3S/c1-3-20-16(7-10-18-20)17(22)19-12-8-14(9-13-19)15-6-4-5-11-21(15)25(2,23)24/h7,10,14-15H,3-6,8-9,11-13H2,1-2H3. The van der Waals surface area contributed by atoms with Crippen LogP contribution in [0.15, 0.2) is 12.3 Å². The Morgan fingerprint density at radius 1 is 1.20 bits per heavy atom. The van der Waals surface area contributed by atoms with Gasteiger partial charge in [-0.1, -0.05) is 6.42 Å². The van der Waals surface area contributed by atoms with E-state index in [0.29, 0.717) is 37.8 Å². The van der Waals surface area contributed by atoms with E-state index in [1.807, 2.05) is 11.8 Å². The summed E-state index contributed by atoms with van der Waals surface area (Å²) in [5.41, 5.74) is 0.636. The third-order valence-corrected chi connectivity index (χ3v) is 6.84.